The van der Waals surface area contributed by atoms with Crippen LogP contribution in [0.15, 0.2) is 60.8 Å². The third-order valence-electron chi connectivity index (χ3n) is 6.48. The van der Waals surface area contributed by atoms with Gasteiger partial charge in [0.2, 0.25) is 11.8 Å². The van der Waals surface area contributed by atoms with Crippen LogP contribution in [-0.2, 0) is 20.9 Å². The van der Waals surface area contributed by atoms with Crippen molar-refractivity contribution in [3.63, 3.8) is 0 Å². The number of nitrogens with zero attached hydrogens (tertiary/aromatic N) is 2. The van der Waals surface area contributed by atoms with Crippen molar-refractivity contribution >= 4 is 46.7 Å². The van der Waals surface area contributed by atoms with Crippen LogP contribution >= 0.6 is 12.4 Å². The first-order valence-electron chi connectivity index (χ1n) is 11.8. The first kappa shape index (κ1) is 27.1. The van der Waals surface area contributed by atoms with Crippen LogP contribution in [0, 0.1) is 5.92 Å². The lowest BCUT2D eigenvalue weighted by Crippen LogP contribution is -2.55. The van der Waals surface area contributed by atoms with Gasteiger partial charge in [-0.15, -0.1) is 12.4 Å². The number of amides is 3. The van der Waals surface area contributed by atoms with Gasteiger partial charge in [-0.2, -0.15) is 0 Å². The zero-order chi connectivity index (χ0) is 25.1. The molecule has 1 aliphatic heterocycles. The summed E-state index contributed by atoms with van der Waals surface area (Å²) >= 11 is 0. The number of hydrogen-bond acceptors (Lipinski definition) is 5. The Bertz CT molecular complexity index is 1260. The van der Waals surface area contributed by atoms with Gasteiger partial charge >= 0.3 is 0 Å². The number of carbonyl (C=O) groups is 3. The Morgan fingerprint density at radius 1 is 1.00 bits per heavy atom. The number of benzene rings is 2. The SMILES string of the molecule is CNC(C)C(=O)NC(C(=O)N1Cc2ccccc2[C@H]1C(=O)Nc1cccc2cccnc12)C(C)C.Cl. The van der Waals surface area contributed by atoms with E-state index in [-0.39, 0.29) is 36.0 Å². The van der Waals surface area contributed by atoms with Gasteiger partial charge in [-0.1, -0.05) is 56.3 Å². The van der Waals surface area contributed by atoms with Crippen molar-refractivity contribution in [3.8, 4) is 0 Å². The van der Waals surface area contributed by atoms with E-state index in [1.54, 1.807) is 31.1 Å². The number of para-hydroxylation sites is 1. The van der Waals surface area contributed by atoms with Crippen LogP contribution < -0.4 is 16.0 Å². The number of likely N-dealkylation sites (N-methyl/N-ethyl adjacent to an activating group) is 1. The minimum absolute atomic E-state index is 0. The number of fused-ring (bicyclic) bond motifs is 2. The van der Waals surface area contributed by atoms with Gasteiger partial charge in [0.25, 0.3) is 5.91 Å². The third kappa shape index (κ3) is 5.34. The van der Waals surface area contributed by atoms with E-state index in [1.807, 2.05) is 62.4 Å². The largest absolute Gasteiger partial charge is 0.343 e. The van der Waals surface area contributed by atoms with E-state index in [0.29, 0.717) is 17.7 Å². The van der Waals surface area contributed by atoms with Gasteiger partial charge in [0, 0.05) is 18.1 Å². The molecule has 2 aromatic carbocycles. The molecule has 8 nitrogen and oxygen atoms in total. The molecule has 0 saturated carbocycles. The predicted molar refractivity (Wildman–Crippen MR) is 143 cm³/mol. The summed E-state index contributed by atoms with van der Waals surface area (Å²) < 4.78 is 0. The molecule has 1 aliphatic rings. The van der Waals surface area contributed by atoms with Crippen LogP contribution in [-0.4, -0.2) is 46.7 Å². The first-order valence-corrected chi connectivity index (χ1v) is 11.8. The fraction of sp³-hybridized carbons (Fsp3) is 0.333. The highest BCUT2D eigenvalue weighted by atomic mass is 35.5. The second-order valence-corrected chi connectivity index (χ2v) is 9.18. The third-order valence-corrected chi connectivity index (χ3v) is 6.48. The molecule has 2 unspecified atom stereocenters. The van der Waals surface area contributed by atoms with E-state index < -0.39 is 18.1 Å². The molecule has 190 valence electrons. The summed E-state index contributed by atoms with van der Waals surface area (Å²) in [6.45, 7) is 5.79. The molecule has 9 heteroatoms. The zero-order valence-electron chi connectivity index (χ0n) is 20.8. The average molecular weight is 510 g/mol. The average Bonchev–Trinajstić information content (AvgIpc) is 3.26. The monoisotopic (exact) mass is 509 g/mol. The van der Waals surface area contributed by atoms with E-state index in [2.05, 4.69) is 20.9 Å². The summed E-state index contributed by atoms with van der Waals surface area (Å²) in [6.07, 6.45) is 1.68. The normalized spacial score (nSPS) is 16.1. The number of hydrogen-bond donors (Lipinski definition) is 3. The lowest BCUT2D eigenvalue weighted by Gasteiger charge is -2.31. The molecule has 0 fully saturated rings. The van der Waals surface area contributed by atoms with E-state index in [1.165, 1.54) is 0 Å². The lowest BCUT2D eigenvalue weighted by atomic mass is 10.0. The van der Waals surface area contributed by atoms with Crippen LogP contribution in [0.1, 0.15) is 37.9 Å². The molecule has 3 amide bonds. The van der Waals surface area contributed by atoms with E-state index in [0.717, 1.165) is 16.5 Å². The molecule has 0 aliphatic carbocycles. The minimum Gasteiger partial charge on any atom is -0.343 e. The van der Waals surface area contributed by atoms with Crippen molar-refractivity contribution in [1.82, 2.24) is 20.5 Å². The minimum atomic E-state index is -0.822. The summed E-state index contributed by atoms with van der Waals surface area (Å²) in [5.41, 5.74) is 2.96. The number of halogens is 1. The highest BCUT2D eigenvalue weighted by Crippen LogP contribution is 2.36. The Balaban J connectivity index is 0.00000361. The molecule has 1 aromatic heterocycles. The quantitative estimate of drug-likeness (QED) is 0.453. The summed E-state index contributed by atoms with van der Waals surface area (Å²) in [4.78, 5) is 46.0. The van der Waals surface area contributed by atoms with Crippen molar-refractivity contribution in [3.05, 3.63) is 71.9 Å². The summed E-state index contributed by atoms with van der Waals surface area (Å²) in [5, 5.41) is 9.67. The number of pyridine rings is 1. The lowest BCUT2D eigenvalue weighted by molar-refractivity contribution is -0.143. The Morgan fingerprint density at radius 3 is 2.44 bits per heavy atom. The molecule has 0 bridgehead atoms. The summed E-state index contributed by atoms with van der Waals surface area (Å²) in [7, 11) is 1.69. The first-order chi connectivity index (χ1) is 16.8. The van der Waals surface area contributed by atoms with E-state index in [4.69, 9.17) is 0 Å². The standard InChI is InChI=1S/C27H31N5O3.ClH/c1-16(2)22(31-25(33)17(3)28-4)27(35)32-15-19-9-5-6-12-20(19)24(32)26(34)30-21-13-7-10-18-11-8-14-29-23(18)21;/h5-14,16-17,22,24,28H,15H2,1-4H3,(H,30,34)(H,31,33);1H/t17?,22?,24-;/m0./s1. The molecular weight excluding hydrogens is 478 g/mol. The number of anilines is 1. The van der Waals surface area contributed by atoms with Gasteiger partial charge in [-0.25, -0.2) is 0 Å². The Hall–Kier alpha value is -3.49. The molecule has 0 spiro atoms. The molecule has 3 aromatic rings. The Kier molecular flexibility index (Phi) is 8.66. The van der Waals surface area contributed by atoms with Gasteiger partial charge in [-0.3, -0.25) is 19.4 Å². The molecule has 36 heavy (non-hydrogen) atoms. The maximum absolute atomic E-state index is 13.8. The van der Waals surface area contributed by atoms with Crippen LogP contribution in [0.2, 0.25) is 0 Å². The molecule has 2 heterocycles. The van der Waals surface area contributed by atoms with Crippen molar-refractivity contribution in [1.29, 1.82) is 0 Å². The molecule has 0 radical (unpaired) electrons. The van der Waals surface area contributed by atoms with E-state index in [9.17, 15) is 14.4 Å². The topological polar surface area (TPSA) is 103 Å². The predicted octanol–water partition coefficient (Wildman–Crippen LogP) is 3.43. The van der Waals surface area contributed by atoms with Crippen LogP contribution in [0.3, 0.4) is 0 Å². The maximum atomic E-state index is 13.8. The van der Waals surface area contributed by atoms with Crippen molar-refractivity contribution < 1.29 is 14.4 Å². The zero-order valence-corrected chi connectivity index (χ0v) is 21.6. The van der Waals surface area contributed by atoms with Gasteiger partial charge in [0.1, 0.15) is 12.1 Å². The molecule has 0 saturated heterocycles. The number of rotatable bonds is 7. The number of aromatic nitrogens is 1. The molecule has 4 rings (SSSR count). The van der Waals surface area contributed by atoms with Crippen molar-refractivity contribution in [2.24, 2.45) is 5.92 Å². The van der Waals surface area contributed by atoms with Gasteiger partial charge in [0.15, 0.2) is 0 Å². The molecular formula is C27H32ClN5O3. The van der Waals surface area contributed by atoms with Gasteiger partial charge in [0.05, 0.1) is 17.2 Å². The second-order valence-electron chi connectivity index (χ2n) is 9.18. The Morgan fingerprint density at radius 2 is 1.72 bits per heavy atom. The van der Waals surface area contributed by atoms with Crippen LogP contribution in [0.25, 0.3) is 10.9 Å². The fourth-order valence-electron chi connectivity index (χ4n) is 4.38. The van der Waals surface area contributed by atoms with Gasteiger partial charge < -0.3 is 20.9 Å². The fourth-order valence-corrected chi connectivity index (χ4v) is 4.38. The smallest absolute Gasteiger partial charge is 0.251 e. The van der Waals surface area contributed by atoms with Crippen LogP contribution in [0.5, 0.6) is 0 Å². The molecule has 3 atom stereocenters. The highest BCUT2D eigenvalue weighted by Gasteiger charge is 2.42. The summed E-state index contributed by atoms with van der Waals surface area (Å²) in [5.74, 6) is -1.03. The number of carbonyl (C=O) groups excluding carboxylic acids is 3. The maximum Gasteiger partial charge on any atom is 0.251 e. The summed E-state index contributed by atoms with van der Waals surface area (Å²) in [6, 6.07) is 14.9. The van der Waals surface area contributed by atoms with Crippen LogP contribution in [0.4, 0.5) is 5.69 Å². The van der Waals surface area contributed by atoms with Crippen molar-refractivity contribution in [2.45, 2.75) is 45.4 Å². The van der Waals surface area contributed by atoms with Crippen molar-refractivity contribution in [2.75, 3.05) is 12.4 Å². The van der Waals surface area contributed by atoms with Gasteiger partial charge in [-0.05, 0) is 43.1 Å². The number of nitrogens with one attached hydrogen (secondary N) is 3. The second kappa shape index (κ2) is 11.5. The van der Waals surface area contributed by atoms with E-state index >= 15 is 0 Å². The molecule has 3 N–H and O–H groups in total. The Labute approximate surface area is 217 Å². The highest BCUT2D eigenvalue weighted by molar-refractivity contribution is 6.04.